The molecule has 0 saturated carbocycles. The maximum atomic E-state index is 12.1. The third-order valence-electron chi connectivity index (χ3n) is 3.14. The van der Waals surface area contributed by atoms with Gasteiger partial charge in [-0.15, -0.1) is 0 Å². The molecule has 0 aliphatic carbocycles. The van der Waals surface area contributed by atoms with Crippen molar-refractivity contribution >= 4 is 17.9 Å². The second kappa shape index (κ2) is 9.05. The Morgan fingerprint density at radius 3 is 2.08 bits per heavy atom. The summed E-state index contributed by atoms with van der Waals surface area (Å²) in [5.41, 5.74) is 1.51. The zero-order valence-electron chi connectivity index (χ0n) is 14.9. The van der Waals surface area contributed by atoms with Gasteiger partial charge in [0.05, 0.1) is 5.56 Å². The Morgan fingerprint density at radius 2 is 1.58 bits per heavy atom. The largest absolute Gasteiger partial charge is 0.449 e. The Balaban J connectivity index is 2.56. The standard InChI is InChI=1S/C18H26N2O4/c1-11(2)10-14-6-8-15(9-7-14)17(22)24-13(5)16(21)20-18(23)19-12(3)4/h6-9,11-13H,10H2,1-5H3,(H2,19,20,21,23)/t13-/m1/s1. The number of urea groups is 1. The highest BCUT2D eigenvalue weighted by molar-refractivity contribution is 5.98. The monoisotopic (exact) mass is 334 g/mol. The summed E-state index contributed by atoms with van der Waals surface area (Å²) < 4.78 is 5.09. The summed E-state index contributed by atoms with van der Waals surface area (Å²) in [4.78, 5) is 35.3. The van der Waals surface area contributed by atoms with Gasteiger partial charge >= 0.3 is 12.0 Å². The Labute approximate surface area is 143 Å². The van der Waals surface area contributed by atoms with Crippen LogP contribution in [0.25, 0.3) is 0 Å². The predicted octanol–water partition coefficient (Wildman–Crippen LogP) is 2.66. The molecule has 1 rings (SSSR count). The first kappa shape index (κ1) is 19.7. The summed E-state index contributed by atoms with van der Waals surface area (Å²) in [6.07, 6.45) is -0.134. The molecule has 0 fully saturated rings. The molecule has 0 bridgehead atoms. The van der Waals surface area contributed by atoms with Gasteiger partial charge in [0.25, 0.3) is 5.91 Å². The predicted molar refractivity (Wildman–Crippen MR) is 91.7 cm³/mol. The lowest BCUT2D eigenvalue weighted by Crippen LogP contribution is -2.46. The fourth-order valence-corrected chi connectivity index (χ4v) is 2.04. The lowest BCUT2D eigenvalue weighted by atomic mass is 10.0. The Morgan fingerprint density at radius 1 is 1.00 bits per heavy atom. The second-order valence-electron chi connectivity index (χ2n) is 6.46. The van der Waals surface area contributed by atoms with E-state index in [-0.39, 0.29) is 6.04 Å². The summed E-state index contributed by atoms with van der Waals surface area (Å²) >= 11 is 0. The van der Waals surface area contributed by atoms with Gasteiger partial charge in [-0.25, -0.2) is 9.59 Å². The minimum absolute atomic E-state index is 0.0972. The maximum Gasteiger partial charge on any atom is 0.338 e. The van der Waals surface area contributed by atoms with Gasteiger partial charge < -0.3 is 10.1 Å². The van der Waals surface area contributed by atoms with E-state index in [1.807, 2.05) is 12.1 Å². The average molecular weight is 334 g/mol. The number of hydrogen-bond acceptors (Lipinski definition) is 4. The zero-order valence-corrected chi connectivity index (χ0v) is 14.9. The number of carbonyl (C=O) groups excluding carboxylic acids is 3. The normalized spacial score (nSPS) is 12.0. The van der Waals surface area contributed by atoms with Crippen LogP contribution in [0.1, 0.15) is 50.5 Å². The maximum absolute atomic E-state index is 12.1. The quantitative estimate of drug-likeness (QED) is 0.783. The molecule has 1 aromatic rings. The van der Waals surface area contributed by atoms with E-state index in [1.54, 1.807) is 26.0 Å². The fourth-order valence-electron chi connectivity index (χ4n) is 2.04. The first-order valence-electron chi connectivity index (χ1n) is 8.10. The van der Waals surface area contributed by atoms with Crippen LogP contribution in [0.4, 0.5) is 4.79 Å². The SMILES string of the molecule is CC(C)Cc1ccc(C(=O)O[C@H](C)C(=O)NC(=O)NC(C)C)cc1. The van der Waals surface area contributed by atoms with Crippen LogP contribution >= 0.6 is 0 Å². The van der Waals surface area contributed by atoms with Crippen molar-refractivity contribution in [2.75, 3.05) is 0 Å². The molecule has 1 atom stereocenters. The van der Waals surface area contributed by atoms with Crippen LogP contribution in [-0.2, 0) is 16.0 Å². The molecule has 0 unspecified atom stereocenters. The fraction of sp³-hybridized carbons (Fsp3) is 0.500. The van der Waals surface area contributed by atoms with E-state index in [0.717, 1.165) is 12.0 Å². The minimum Gasteiger partial charge on any atom is -0.449 e. The summed E-state index contributed by atoms with van der Waals surface area (Å²) in [5.74, 6) is -0.737. The van der Waals surface area contributed by atoms with E-state index in [9.17, 15) is 14.4 Å². The number of benzene rings is 1. The first-order valence-corrected chi connectivity index (χ1v) is 8.10. The first-order chi connectivity index (χ1) is 11.2. The average Bonchev–Trinajstić information content (AvgIpc) is 2.46. The number of rotatable bonds is 6. The third-order valence-corrected chi connectivity index (χ3v) is 3.14. The molecule has 0 spiro atoms. The highest BCUT2D eigenvalue weighted by Crippen LogP contribution is 2.11. The van der Waals surface area contributed by atoms with Gasteiger partial charge in [0, 0.05) is 6.04 Å². The van der Waals surface area contributed by atoms with E-state index < -0.39 is 24.0 Å². The van der Waals surface area contributed by atoms with E-state index >= 15 is 0 Å². The summed E-state index contributed by atoms with van der Waals surface area (Å²) in [6.45, 7) is 9.21. The van der Waals surface area contributed by atoms with Crippen LogP contribution in [0.5, 0.6) is 0 Å². The van der Waals surface area contributed by atoms with Gasteiger partial charge in [-0.3, -0.25) is 10.1 Å². The van der Waals surface area contributed by atoms with Crippen molar-refractivity contribution < 1.29 is 19.1 Å². The molecule has 6 nitrogen and oxygen atoms in total. The van der Waals surface area contributed by atoms with Crippen molar-refractivity contribution in [3.8, 4) is 0 Å². The number of ether oxygens (including phenoxy) is 1. The van der Waals surface area contributed by atoms with E-state index in [2.05, 4.69) is 24.5 Å². The topological polar surface area (TPSA) is 84.5 Å². The van der Waals surface area contributed by atoms with Crippen LogP contribution in [0.3, 0.4) is 0 Å². The number of carbonyl (C=O) groups is 3. The molecule has 1 aromatic carbocycles. The lowest BCUT2D eigenvalue weighted by molar-refractivity contribution is -0.127. The molecule has 0 aliphatic heterocycles. The van der Waals surface area contributed by atoms with Gasteiger partial charge in [-0.2, -0.15) is 0 Å². The Bertz CT molecular complexity index is 579. The van der Waals surface area contributed by atoms with Crippen molar-refractivity contribution in [2.45, 2.75) is 53.2 Å². The van der Waals surface area contributed by atoms with Gasteiger partial charge in [0.1, 0.15) is 0 Å². The van der Waals surface area contributed by atoms with Crippen molar-refractivity contribution in [3.63, 3.8) is 0 Å². The van der Waals surface area contributed by atoms with Gasteiger partial charge in [0.15, 0.2) is 6.10 Å². The van der Waals surface area contributed by atoms with Crippen molar-refractivity contribution in [1.82, 2.24) is 10.6 Å². The number of hydrogen-bond donors (Lipinski definition) is 2. The Kier molecular flexibility index (Phi) is 7.42. The van der Waals surface area contributed by atoms with Crippen molar-refractivity contribution in [1.29, 1.82) is 0 Å². The van der Waals surface area contributed by atoms with Crippen LogP contribution in [-0.4, -0.2) is 30.1 Å². The molecular weight excluding hydrogens is 308 g/mol. The molecule has 0 saturated heterocycles. The molecule has 0 aromatic heterocycles. The van der Waals surface area contributed by atoms with E-state index in [0.29, 0.717) is 11.5 Å². The zero-order chi connectivity index (χ0) is 18.3. The molecular formula is C18H26N2O4. The van der Waals surface area contributed by atoms with Crippen LogP contribution < -0.4 is 10.6 Å². The van der Waals surface area contributed by atoms with E-state index in [4.69, 9.17) is 4.74 Å². The number of nitrogens with one attached hydrogen (secondary N) is 2. The Hall–Kier alpha value is -2.37. The molecule has 0 aliphatic rings. The molecule has 0 radical (unpaired) electrons. The summed E-state index contributed by atoms with van der Waals surface area (Å²) in [6, 6.07) is 6.39. The van der Waals surface area contributed by atoms with Gasteiger partial charge in [-0.1, -0.05) is 26.0 Å². The lowest BCUT2D eigenvalue weighted by Gasteiger charge is -2.14. The smallest absolute Gasteiger partial charge is 0.338 e. The second-order valence-corrected chi connectivity index (χ2v) is 6.46. The molecule has 6 heteroatoms. The van der Waals surface area contributed by atoms with E-state index in [1.165, 1.54) is 6.92 Å². The van der Waals surface area contributed by atoms with Crippen LogP contribution in [0, 0.1) is 5.92 Å². The third kappa shape index (κ3) is 6.81. The number of esters is 1. The minimum atomic E-state index is -1.06. The van der Waals surface area contributed by atoms with Crippen LogP contribution in [0.2, 0.25) is 0 Å². The van der Waals surface area contributed by atoms with Gasteiger partial charge in [0.2, 0.25) is 0 Å². The number of amides is 3. The molecule has 2 N–H and O–H groups in total. The summed E-state index contributed by atoms with van der Waals surface area (Å²) in [5, 5.41) is 4.66. The molecule has 3 amide bonds. The highest BCUT2D eigenvalue weighted by Gasteiger charge is 2.21. The van der Waals surface area contributed by atoms with Gasteiger partial charge in [-0.05, 0) is 50.8 Å². The van der Waals surface area contributed by atoms with Crippen LogP contribution in [0.15, 0.2) is 24.3 Å². The highest BCUT2D eigenvalue weighted by atomic mass is 16.5. The number of imide groups is 1. The molecule has 24 heavy (non-hydrogen) atoms. The van der Waals surface area contributed by atoms with Crippen molar-refractivity contribution in [3.05, 3.63) is 35.4 Å². The van der Waals surface area contributed by atoms with Crippen molar-refractivity contribution in [2.24, 2.45) is 5.92 Å². The molecule has 0 heterocycles. The summed E-state index contributed by atoms with van der Waals surface area (Å²) in [7, 11) is 0. The molecule has 132 valence electrons.